The normalized spacial score (nSPS) is 14.0. The topological polar surface area (TPSA) is 104 Å². The maximum absolute atomic E-state index is 12.4. The number of carboxylic acids is 1. The number of carbonyl (C=O) groups excluding carboxylic acids is 1. The number of nitrogens with zero attached hydrogens (tertiary/aromatic N) is 1. The molecular formula is C17H18N2O5S2. The fourth-order valence-electron chi connectivity index (χ4n) is 2.54. The second kappa shape index (κ2) is 7.46. The number of thiophene rings is 1. The number of aliphatic carboxylic acids is 1. The van der Waals surface area contributed by atoms with Crippen LogP contribution >= 0.6 is 11.3 Å². The summed E-state index contributed by atoms with van der Waals surface area (Å²) < 4.78 is 27.1. The SMILES string of the molecule is O=C(O)CN(C(=O)Cc1ccc(NS(=O)(=O)c2cccs2)cc1)C1CC1. The predicted molar refractivity (Wildman–Crippen MR) is 97.6 cm³/mol. The van der Waals surface area contributed by atoms with Crippen LogP contribution in [0.15, 0.2) is 46.0 Å². The van der Waals surface area contributed by atoms with Crippen molar-refractivity contribution in [2.75, 3.05) is 11.3 Å². The molecule has 138 valence electrons. The summed E-state index contributed by atoms with van der Waals surface area (Å²) in [6, 6.07) is 9.71. The van der Waals surface area contributed by atoms with Gasteiger partial charge in [-0.15, -0.1) is 11.3 Å². The van der Waals surface area contributed by atoms with Crippen molar-refractivity contribution in [2.24, 2.45) is 0 Å². The van der Waals surface area contributed by atoms with E-state index in [1.54, 1.807) is 35.7 Å². The fraction of sp³-hybridized carbons (Fsp3) is 0.294. The number of benzene rings is 1. The van der Waals surface area contributed by atoms with Gasteiger partial charge in [-0.3, -0.25) is 14.3 Å². The van der Waals surface area contributed by atoms with Gasteiger partial charge in [-0.1, -0.05) is 18.2 Å². The van der Waals surface area contributed by atoms with Gasteiger partial charge in [-0.25, -0.2) is 8.42 Å². The van der Waals surface area contributed by atoms with E-state index in [0.29, 0.717) is 11.3 Å². The summed E-state index contributed by atoms with van der Waals surface area (Å²) in [5.74, 6) is -1.26. The Morgan fingerprint density at radius 1 is 1.19 bits per heavy atom. The largest absolute Gasteiger partial charge is 0.480 e. The van der Waals surface area contributed by atoms with Crippen molar-refractivity contribution in [3.63, 3.8) is 0 Å². The molecule has 1 fully saturated rings. The number of carboxylic acid groups (broad SMARTS) is 1. The van der Waals surface area contributed by atoms with Gasteiger partial charge in [0.25, 0.3) is 10.0 Å². The van der Waals surface area contributed by atoms with Gasteiger partial charge in [0.2, 0.25) is 5.91 Å². The first-order chi connectivity index (χ1) is 12.3. The molecule has 2 aromatic rings. The molecule has 1 aromatic carbocycles. The van der Waals surface area contributed by atoms with Crippen molar-refractivity contribution in [1.82, 2.24) is 4.90 Å². The lowest BCUT2D eigenvalue weighted by atomic mass is 10.1. The molecule has 3 rings (SSSR count). The van der Waals surface area contributed by atoms with Gasteiger partial charge < -0.3 is 10.0 Å². The summed E-state index contributed by atoms with van der Waals surface area (Å²) in [7, 11) is -3.61. The average molecular weight is 394 g/mol. The first-order valence-electron chi connectivity index (χ1n) is 8.02. The molecular weight excluding hydrogens is 376 g/mol. The van der Waals surface area contributed by atoms with E-state index in [0.717, 1.165) is 24.2 Å². The highest BCUT2D eigenvalue weighted by atomic mass is 32.2. The highest BCUT2D eigenvalue weighted by Gasteiger charge is 2.33. The standard InChI is InChI=1S/C17H18N2O5S2/c20-15(19(11-16(21)22)14-7-8-14)10-12-3-5-13(6-4-12)18-26(23,24)17-2-1-9-25-17/h1-6,9,14,18H,7-8,10-11H2,(H,21,22). The Labute approximate surface area is 155 Å². The van der Waals surface area contributed by atoms with Crippen molar-refractivity contribution >= 4 is 38.9 Å². The number of sulfonamides is 1. The molecule has 1 amide bonds. The highest BCUT2D eigenvalue weighted by molar-refractivity contribution is 7.94. The fourth-order valence-corrected chi connectivity index (χ4v) is 4.59. The van der Waals surface area contributed by atoms with Gasteiger partial charge in [0.15, 0.2) is 0 Å². The van der Waals surface area contributed by atoms with Gasteiger partial charge in [0.05, 0.1) is 6.42 Å². The quantitative estimate of drug-likeness (QED) is 0.714. The predicted octanol–water partition coefficient (Wildman–Crippen LogP) is 2.17. The van der Waals surface area contributed by atoms with Crippen LogP contribution in [0.1, 0.15) is 18.4 Å². The van der Waals surface area contributed by atoms with Crippen LogP contribution in [-0.2, 0) is 26.0 Å². The molecule has 1 aliphatic rings. The minimum absolute atomic E-state index is 0.0236. The van der Waals surface area contributed by atoms with E-state index >= 15 is 0 Å². The van der Waals surface area contributed by atoms with Gasteiger partial charge >= 0.3 is 5.97 Å². The molecule has 1 aromatic heterocycles. The van der Waals surface area contributed by atoms with Crippen molar-refractivity contribution in [1.29, 1.82) is 0 Å². The van der Waals surface area contributed by atoms with E-state index in [2.05, 4.69) is 4.72 Å². The molecule has 0 radical (unpaired) electrons. The van der Waals surface area contributed by atoms with E-state index in [4.69, 9.17) is 5.11 Å². The van der Waals surface area contributed by atoms with Crippen LogP contribution in [0.4, 0.5) is 5.69 Å². The van der Waals surface area contributed by atoms with E-state index < -0.39 is 16.0 Å². The van der Waals surface area contributed by atoms with E-state index in [1.165, 1.54) is 11.0 Å². The molecule has 0 aliphatic heterocycles. The van der Waals surface area contributed by atoms with Crippen LogP contribution in [0.5, 0.6) is 0 Å². The number of carbonyl (C=O) groups is 2. The zero-order chi connectivity index (χ0) is 18.7. The van der Waals surface area contributed by atoms with Gasteiger partial charge in [0.1, 0.15) is 10.8 Å². The minimum atomic E-state index is -3.61. The van der Waals surface area contributed by atoms with Gasteiger partial charge in [-0.2, -0.15) is 0 Å². The number of nitrogens with one attached hydrogen (secondary N) is 1. The zero-order valence-corrected chi connectivity index (χ0v) is 15.4. The molecule has 1 saturated carbocycles. The average Bonchev–Trinajstić information content (AvgIpc) is 3.25. The molecule has 0 spiro atoms. The second-order valence-electron chi connectivity index (χ2n) is 6.06. The van der Waals surface area contributed by atoms with Crippen molar-refractivity contribution in [3.05, 3.63) is 47.3 Å². The summed E-state index contributed by atoms with van der Waals surface area (Å²) in [6.07, 6.45) is 1.76. The Kier molecular flexibility index (Phi) is 5.28. The second-order valence-corrected chi connectivity index (χ2v) is 8.91. The maximum Gasteiger partial charge on any atom is 0.323 e. The van der Waals surface area contributed by atoms with Crippen molar-refractivity contribution in [3.8, 4) is 0 Å². The summed E-state index contributed by atoms with van der Waals surface area (Å²) >= 11 is 1.13. The Morgan fingerprint density at radius 2 is 1.88 bits per heavy atom. The number of amides is 1. The van der Waals surface area contributed by atoms with Crippen LogP contribution in [0.25, 0.3) is 0 Å². The Morgan fingerprint density at radius 3 is 2.42 bits per heavy atom. The van der Waals surface area contributed by atoms with Crippen molar-refractivity contribution in [2.45, 2.75) is 29.5 Å². The third kappa shape index (κ3) is 4.61. The van der Waals surface area contributed by atoms with E-state index in [1.807, 2.05) is 0 Å². The molecule has 0 unspecified atom stereocenters. The third-order valence-electron chi connectivity index (χ3n) is 3.94. The lowest BCUT2D eigenvalue weighted by Gasteiger charge is -2.20. The summed E-state index contributed by atoms with van der Waals surface area (Å²) in [4.78, 5) is 24.7. The number of hydrogen-bond donors (Lipinski definition) is 2. The highest BCUT2D eigenvalue weighted by Crippen LogP contribution is 2.27. The monoisotopic (exact) mass is 394 g/mol. The number of rotatable bonds is 8. The smallest absolute Gasteiger partial charge is 0.323 e. The van der Waals surface area contributed by atoms with E-state index in [9.17, 15) is 18.0 Å². The first kappa shape index (κ1) is 18.4. The first-order valence-corrected chi connectivity index (χ1v) is 10.4. The maximum atomic E-state index is 12.4. The summed E-state index contributed by atoms with van der Waals surface area (Å²) in [5.41, 5.74) is 1.10. The van der Waals surface area contributed by atoms with Crippen LogP contribution < -0.4 is 4.72 Å². The lowest BCUT2D eigenvalue weighted by molar-refractivity contribution is -0.144. The lowest BCUT2D eigenvalue weighted by Crippen LogP contribution is -2.38. The third-order valence-corrected chi connectivity index (χ3v) is 6.71. The Hall–Kier alpha value is -2.39. The van der Waals surface area contributed by atoms with Gasteiger partial charge in [-0.05, 0) is 42.0 Å². The van der Waals surface area contributed by atoms with Crippen LogP contribution in [-0.4, -0.2) is 42.9 Å². The Balaban J connectivity index is 1.64. The molecule has 2 N–H and O–H groups in total. The molecule has 26 heavy (non-hydrogen) atoms. The van der Waals surface area contributed by atoms with Crippen molar-refractivity contribution < 1.29 is 23.1 Å². The molecule has 0 bridgehead atoms. The molecule has 0 saturated heterocycles. The van der Waals surface area contributed by atoms with Crippen LogP contribution in [0, 0.1) is 0 Å². The molecule has 7 nitrogen and oxygen atoms in total. The number of hydrogen-bond acceptors (Lipinski definition) is 5. The summed E-state index contributed by atoms with van der Waals surface area (Å²) in [6.45, 7) is -0.289. The number of anilines is 1. The van der Waals surface area contributed by atoms with Crippen LogP contribution in [0.2, 0.25) is 0 Å². The molecule has 0 atom stereocenters. The summed E-state index contributed by atoms with van der Waals surface area (Å²) in [5, 5.41) is 10.6. The zero-order valence-electron chi connectivity index (χ0n) is 13.8. The molecule has 1 heterocycles. The molecule has 9 heteroatoms. The van der Waals surface area contributed by atoms with Gasteiger partial charge in [0, 0.05) is 11.7 Å². The van der Waals surface area contributed by atoms with Crippen LogP contribution in [0.3, 0.4) is 0 Å². The molecule has 1 aliphatic carbocycles. The minimum Gasteiger partial charge on any atom is -0.480 e. The van der Waals surface area contributed by atoms with E-state index in [-0.39, 0.29) is 29.1 Å². The Bertz CT molecular complexity index is 888.